The van der Waals surface area contributed by atoms with Crippen molar-refractivity contribution in [3.63, 3.8) is 0 Å². The lowest BCUT2D eigenvalue weighted by molar-refractivity contribution is -0.126. The lowest BCUT2D eigenvalue weighted by Crippen LogP contribution is -2.43. The van der Waals surface area contributed by atoms with Crippen molar-refractivity contribution < 1.29 is 9.59 Å². The normalized spacial score (nSPS) is 16.8. The van der Waals surface area contributed by atoms with Crippen molar-refractivity contribution in [3.05, 3.63) is 35.9 Å². The molecule has 0 unspecified atom stereocenters. The molecular weight excluding hydrogens is 254 g/mol. The number of amides is 2. The topological polar surface area (TPSA) is 75.4 Å². The van der Waals surface area contributed by atoms with Crippen LogP contribution in [0.15, 0.2) is 30.3 Å². The molecule has 1 heterocycles. The van der Waals surface area contributed by atoms with Crippen LogP contribution in [0.1, 0.15) is 18.4 Å². The molecule has 5 heteroatoms. The van der Waals surface area contributed by atoms with Gasteiger partial charge in [-0.3, -0.25) is 14.5 Å². The number of nitrogens with one attached hydrogen (secondary N) is 1. The first-order valence-electron chi connectivity index (χ1n) is 6.97. The Labute approximate surface area is 119 Å². The van der Waals surface area contributed by atoms with Crippen LogP contribution in [0.25, 0.3) is 0 Å². The van der Waals surface area contributed by atoms with E-state index in [4.69, 9.17) is 5.73 Å². The highest BCUT2D eigenvalue weighted by atomic mass is 16.2. The van der Waals surface area contributed by atoms with Crippen LogP contribution in [-0.2, 0) is 16.1 Å². The van der Waals surface area contributed by atoms with Crippen LogP contribution in [0.2, 0.25) is 0 Å². The monoisotopic (exact) mass is 275 g/mol. The zero-order valence-corrected chi connectivity index (χ0v) is 11.5. The van der Waals surface area contributed by atoms with Gasteiger partial charge in [0.15, 0.2) is 0 Å². The Kier molecular flexibility index (Phi) is 5.12. The summed E-state index contributed by atoms with van der Waals surface area (Å²) >= 11 is 0. The molecule has 0 spiro atoms. The smallest absolute Gasteiger partial charge is 0.231 e. The van der Waals surface area contributed by atoms with Crippen molar-refractivity contribution in [1.29, 1.82) is 0 Å². The summed E-state index contributed by atoms with van der Waals surface area (Å²) in [6.07, 6.45) is 1.57. The number of carbonyl (C=O) groups excluding carboxylic acids is 2. The molecule has 1 fully saturated rings. The van der Waals surface area contributed by atoms with Crippen molar-refractivity contribution >= 4 is 11.8 Å². The van der Waals surface area contributed by atoms with Gasteiger partial charge >= 0.3 is 0 Å². The van der Waals surface area contributed by atoms with Crippen molar-refractivity contribution in [2.24, 2.45) is 11.7 Å². The average molecular weight is 275 g/mol. The molecule has 0 bridgehead atoms. The van der Waals surface area contributed by atoms with Gasteiger partial charge in [-0.1, -0.05) is 30.3 Å². The van der Waals surface area contributed by atoms with Crippen LogP contribution < -0.4 is 11.1 Å². The minimum absolute atomic E-state index is 0.0443. The van der Waals surface area contributed by atoms with Crippen molar-refractivity contribution in [3.8, 4) is 0 Å². The molecule has 5 nitrogen and oxygen atoms in total. The molecule has 2 rings (SSSR count). The molecule has 0 atom stereocenters. The maximum Gasteiger partial charge on any atom is 0.231 e. The predicted octanol–water partition coefficient (Wildman–Crippen LogP) is 0.500. The summed E-state index contributed by atoms with van der Waals surface area (Å²) in [5.41, 5.74) is 6.27. The molecule has 0 radical (unpaired) electrons. The number of piperidine rings is 1. The SMILES string of the molecule is NC(=O)CN1CCC(C(=O)NCc2ccccc2)CC1. The number of rotatable bonds is 5. The molecule has 2 amide bonds. The number of primary amides is 1. The molecule has 1 saturated heterocycles. The summed E-state index contributed by atoms with van der Waals surface area (Å²) in [6, 6.07) is 9.87. The molecule has 20 heavy (non-hydrogen) atoms. The van der Waals surface area contributed by atoms with Gasteiger partial charge in [0.25, 0.3) is 0 Å². The van der Waals surface area contributed by atoms with Gasteiger partial charge in [-0.05, 0) is 31.5 Å². The highest BCUT2D eigenvalue weighted by Crippen LogP contribution is 2.17. The van der Waals surface area contributed by atoms with Crippen LogP contribution in [0.3, 0.4) is 0 Å². The zero-order chi connectivity index (χ0) is 14.4. The van der Waals surface area contributed by atoms with Gasteiger partial charge in [0.05, 0.1) is 6.54 Å². The Balaban J connectivity index is 1.73. The summed E-state index contributed by atoms with van der Waals surface area (Å²) < 4.78 is 0. The van der Waals surface area contributed by atoms with E-state index in [0.29, 0.717) is 13.1 Å². The minimum Gasteiger partial charge on any atom is -0.369 e. The lowest BCUT2D eigenvalue weighted by Gasteiger charge is -2.30. The van der Waals surface area contributed by atoms with E-state index in [-0.39, 0.29) is 17.7 Å². The predicted molar refractivity (Wildman–Crippen MR) is 76.6 cm³/mol. The number of hydrogen-bond acceptors (Lipinski definition) is 3. The van der Waals surface area contributed by atoms with Crippen molar-refractivity contribution in [2.45, 2.75) is 19.4 Å². The first kappa shape index (κ1) is 14.5. The third-order valence-corrected chi connectivity index (χ3v) is 3.65. The molecule has 0 saturated carbocycles. The molecule has 1 aliphatic heterocycles. The summed E-state index contributed by atoms with van der Waals surface area (Å²) in [6.45, 7) is 2.37. The number of likely N-dealkylation sites (tertiary alicyclic amines) is 1. The zero-order valence-electron chi connectivity index (χ0n) is 11.5. The van der Waals surface area contributed by atoms with E-state index in [1.807, 2.05) is 35.2 Å². The first-order chi connectivity index (χ1) is 9.65. The van der Waals surface area contributed by atoms with Gasteiger partial charge in [-0.2, -0.15) is 0 Å². The maximum atomic E-state index is 12.1. The van der Waals surface area contributed by atoms with Gasteiger partial charge in [0.1, 0.15) is 0 Å². The largest absolute Gasteiger partial charge is 0.369 e. The molecule has 1 aliphatic rings. The summed E-state index contributed by atoms with van der Waals surface area (Å²) in [5.74, 6) is -0.160. The summed E-state index contributed by atoms with van der Waals surface area (Å²) in [5, 5.41) is 2.98. The first-order valence-corrected chi connectivity index (χ1v) is 6.97. The van der Waals surface area contributed by atoms with E-state index < -0.39 is 0 Å². The second-order valence-electron chi connectivity index (χ2n) is 5.22. The highest BCUT2D eigenvalue weighted by molar-refractivity contribution is 5.79. The standard InChI is InChI=1S/C15H21N3O2/c16-14(19)11-18-8-6-13(7-9-18)15(20)17-10-12-4-2-1-3-5-12/h1-5,13H,6-11H2,(H2,16,19)(H,17,20). The number of nitrogens with zero attached hydrogens (tertiary/aromatic N) is 1. The van der Waals surface area contributed by atoms with Crippen LogP contribution in [0, 0.1) is 5.92 Å². The van der Waals surface area contributed by atoms with E-state index in [1.54, 1.807) is 0 Å². The fourth-order valence-corrected chi connectivity index (χ4v) is 2.50. The fraction of sp³-hybridized carbons (Fsp3) is 0.467. The molecule has 1 aromatic rings. The second-order valence-corrected chi connectivity index (χ2v) is 5.22. The summed E-state index contributed by atoms with van der Waals surface area (Å²) in [7, 11) is 0. The molecule has 1 aromatic carbocycles. The Hall–Kier alpha value is -1.88. The Bertz CT molecular complexity index is 453. The highest BCUT2D eigenvalue weighted by Gasteiger charge is 2.25. The molecule has 0 aromatic heterocycles. The van der Waals surface area contributed by atoms with Crippen molar-refractivity contribution in [2.75, 3.05) is 19.6 Å². The fourth-order valence-electron chi connectivity index (χ4n) is 2.50. The van der Waals surface area contributed by atoms with Gasteiger partial charge in [-0.15, -0.1) is 0 Å². The lowest BCUT2D eigenvalue weighted by atomic mass is 9.96. The van der Waals surface area contributed by atoms with Crippen LogP contribution in [0.5, 0.6) is 0 Å². The molecule has 0 aliphatic carbocycles. The second kappa shape index (κ2) is 7.05. The van der Waals surface area contributed by atoms with E-state index in [0.717, 1.165) is 31.5 Å². The Morgan fingerprint density at radius 3 is 2.45 bits per heavy atom. The Morgan fingerprint density at radius 2 is 1.85 bits per heavy atom. The van der Waals surface area contributed by atoms with Gasteiger partial charge < -0.3 is 11.1 Å². The van der Waals surface area contributed by atoms with Crippen LogP contribution in [-0.4, -0.2) is 36.3 Å². The van der Waals surface area contributed by atoms with Gasteiger partial charge in [0.2, 0.25) is 11.8 Å². The molecule has 108 valence electrons. The van der Waals surface area contributed by atoms with E-state index in [9.17, 15) is 9.59 Å². The van der Waals surface area contributed by atoms with E-state index >= 15 is 0 Å². The average Bonchev–Trinajstić information content (AvgIpc) is 2.46. The van der Waals surface area contributed by atoms with E-state index in [2.05, 4.69) is 5.32 Å². The number of benzene rings is 1. The Morgan fingerprint density at radius 1 is 1.20 bits per heavy atom. The quantitative estimate of drug-likeness (QED) is 0.821. The number of carbonyl (C=O) groups is 2. The van der Waals surface area contributed by atoms with Crippen LogP contribution >= 0.6 is 0 Å². The minimum atomic E-state index is -0.308. The van der Waals surface area contributed by atoms with Crippen LogP contribution in [0.4, 0.5) is 0 Å². The maximum absolute atomic E-state index is 12.1. The third kappa shape index (κ3) is 4.35. The van der Waals surface area contributed by atoms with Gasteiger partial charge in [-0.25, -0.2) is 0 Å². The summed E-state index contributed by atoms with van der Waals surface area (Å²) in [4.78, 5) is 24.9. The third-order valence-electron chi connectivity index (χ3n) is 3.65. The molecule has 3 N–H and O–H groups in total. The number of hydrogen-bond donors (Lipinski definition) is 2. The van der Waals surface area contributed by atoms with E-state index in [1.165, 1.54) is 0 Å². The van der Waals surface area contributed by atoms with Crippen molar-refractivity contribution in [1.82, 2.24) is 10.2 Å². The number of nitrogens with two attached hydrogens (primary N) is 1. The van der Waals surface area contributed by atoms with Gasteiger partial charge in [0, 0.05) is 12.5 Å². The molecular formula is C15H21N3O2.